The lowest BCUT2D eigenvalue weighted by molar-refractivity contribution is 0.673. The molecule has 0 unspecified atom stereocenters. The molecule has 2 aromatic heterocycles. The van der Waals surface area contributed by atoms with Crippen LogP contribution in [0.25, 0.3) is 82.5 Å². The van der Waals surface area contributed by atoms with Crippen molar-refractivity contribution < 1.29 is 4.42 Å². The van der Waals surface area contributed by atoms with E-state index in [4.69, 9.17) is 4.42 Å². The van der Waals surface area contributed by atoms with E-state index in [-0.39, 0.29) is 0 Å². The minimum Gasteiger partial charge on any atom is -0.455 e. The van der Waals surface area contributed by atoms with E-state index in [1.54, 1.807) is 0 Å². The van der Waals surface area contributed by atoms with Crippen LogP contribution in [0.1, 0.15) is 0 Å². The SMILES string of the molecule is c1ccc(-c2ccc(N(c3cccc(-c4cccc5oc6c7ccccc7ccc6c45)c3)c3ccccc3-n3c4ccccc4c4ccccc43)cc2)cc1. The lowest BCUT2D eigenvalue weighted by Crippen LogP contribution is -2.13. The fourth-order valence-electron chi connectivity index (χ4n) is 8.49. The molecule has 258 valence electrons. The molecule has 0 N–H and O–H groups in total. The number of nitrogens with zero attached hydrogens (tertiary/aromatic N) is 2. The lowest BCUT2D eigenvalue weighted by Gasteiger charge is -2.29. The summed E-state index contributed by atoms with van der Waals surface area (Å²) in [6.07, 6.45) is 0. The molecule has 0 aliphatic heterocycles. The summed E-state index contributed by atoms with van der Waals surface area (Å²) in [5.41, 5.74) is 13.1. The van der Waals surface area contributed by atoms with E-state index in [2.05, 4.69) is 216 Å². The standard InChI is InChI=1S/C52H34N2O/c1-2-14-35(15-3-1)36-28-31-39(32-29-36)53(48-25-10-11-26-49(48)54-46-23-8-6-20-43(46)44-21-7-9-24-47(44)54)40-18-12-17-38(34-40)41-22-13-27-50-51(41)45-33-30-37-16-4-5-19-42(37)52(45)55-50/h1-34H. The van der Waals surface area contributed by atoms with Crippen molar-refractivity contribution in [3.05, 3.63) is 206 Å². The first-order chi connectivity index (χ1) is 27.3. The first-order valence-electron chi connectivity index (χ1n) is 18.8. The number of aromatic nitrogens is 1. The molecule has 0 amide bonds. The highest BCUT2D eigenvalue weighted by molar-refractivity contribution is 6.19. The Morgan fingerprint density at radius 1 is 0.400 bits per heavy atom. The Kier molecular flexibility index (Phi) is 7.17. The predicted molar refractivity (Wildman–Crippen MR) is 231 cm³/mol. The van der Waals surface area contributed by atoms with Gasteiger partial charge in [-0.25, -0.2) is 0 Å². The van der Waals surface area contributed by atoms with Crippen LogP contribution in [0.15, 0.2) is 211 Å². The van der Waals surface area contributed by atoms with Gasteiger partial charge in [-0.05, 0) is 88.3 Å². The Bertz CT molecular complexity index is 3150. The van der Waals surface area contributed by atoms with Gasteiger partial charge in [-0.1, -0.05) is 146 Å². The topological polar surface area (TPSA) is 21.3 Å². The number of para-hydroxylation sites is 4. The van der Waals surface area contributed by atoms with Crippen molar-refractivity contribution in [2.24, 2.45) is 0 Å². The smallest absolute Gasteiger partial charge is 0.143 e. The van der Waals surface area contributed by atoms with Gasteiger partial charge in [0.15, 0.2) is 0 Å². The average Bonchev–Trinajstić information content (AvgIpc) is 3.81. The van der Waals surface area contributed by atoms with E-state index in [9.17, 15) is 0 Å². The highest BCUT2D eigenvalue weighted by Gasteiger charge is 2.22. The number of furan rings is 1. The zero-order valence-electron chi connectivity index (χ0n) is 29.9. The molecule has 0 radical (unpaired) electrons. The average molecular weight is 703 g/mol. The number of anilines is 3. The van der Waals surface area contributed by atoms with Gasteiger partial charge >= 0.3 is 0 Å². The van der Waals surface area contributed by atoms with Crippen LogP contribution in [-0.4, -0.2) is 4.57 Å². The molecule has 2 heterocycles. The molecule has 0 spiro atoms. The van der Waals surface area contributed by atoms with Gasteiger partial charge in [-0.3, -0.25) is 0 Å². The van der Waals surface area contributed by atoms with Gasteiger partial charge in [0.05, 0.1) is 22.4 Å². The van der Waals surface area contributed by atoms with E-state index in [1.807, 2.05) is 0 Å². The minimum atomic E-state index is 0.888. The van der Waals surface area contributed by atoms with E-state index < -0.39 is 0 Å². The maximum absolute atomic E-state index is 6.61. The van der Waals surface area contributed by atoms with Crippen molar-refractivity contribution in [3.8, 4) is 27.9 Å². The fraction of sp³-hybridized carbons (Fsp3) is 0. The van der Waals surface area contributed by atoms with Crippen LogP contribution in [-0.2, 0) is 0 Å². The van der Waals surface area contributed by atoms with Crippen molar-refractivity contribution in [1.82, 2.24) is 4.57 Å². The van der Waals surface area contributed by atoms with Crippen LogP contribution in [0.4, 0.5) is 17.1 Å². The largest absolute Gasteiger partial charge is 0.455 e. The molecule has 0 atom stereocenters. The van der Waals surface area contributed by atoms with E-state index in [1.165, 1.54) is 38.3 Å². The molecule has 9 aromatic carbocycles. The Labute approximate surface area is 318 Å². The summed E-state index contributed by atoms with van der Waals surface area (Å²) >= 11 is 0. The molecule has 55 heavy (non-hydrogen) atoms. The molecule has 0 bridgehead atoms. The van der Waals surface area contributed by atoms with Gasteiger partial charge < -0.3 is 13.9 Å². The number of fused-ring (bicyclic) bond motifs is 8. The highest BCUT2D eigenvalue weighted by Crippen LogP contribution is 2.44. The maximum Gasteiger partial charge on any atom is 0.143 e. The van der Waals surface area contributed by atoms with Crippen LogP contribution < -0.4 is 4.90 Å². The number of hydrogen-bond donors (Lipinski definition) is 0. The second-order valence-corrected chi connectivity index (χ2v) is 14.1. The van der Waals surface area contributed by atoms with Crippen molar-refractivity contribution in [2.75, 3.05) is 4.90 Å². The predicted octanol–water partition coefficient (Wildman–Crippen LogP) is 14.6. The third-order valence-electron chi connectivity index (χ3n) is 11.0. The Morgan fingerprint density at radius 2 is 1.04 bits per heavy atom. The van der Waals surface area contributed by atoms with Gasteiger partial charge in [-0.2, -0.15) is 0 Å². The summed E-state index contributed by atoms with van der Waals surface area (Å²) in [5.74, 6) is 0. The molecule has 3 nitrogen and oxygen atoms in total. The molecular weight excluding hydrogens is 669 g/mol. The third kappa shape index (κ3) is 5.05. The summed E-state index contributed by atoms with van der Waals surface area (Å²) in [5, 5.41) is 7.03. The van der Waals surface area contributed by atoms with Gasteiger partial charge in [-0.15, -0.1) is 0 Å². The zero-order chi connectivity index (χ0) is 36.3. The van der Waals surface area contributed by atoms with Crippen molar-refractivity contribution in [1.29, 1.82) is 0 Å². The monoisotopic (exact) mass is 702 g/mol. The lowest BCUT2D eigenvalue weighted by atomic mass is 9.97. The molecular formula is C52H34N2O. The quantitative estimate of drug-likeness (QED) is 0.172. The number of benzene rings is 9. The molecule has 0 saturated heterocycles. The van der Waals surface area contributed by atoms with Crippen LogP contribution >= 0.6 is 0 Å². The second-order valence-electron chi connectivity index (χ2n) is 14.1. The van der Waals surface area contributed by atoms with E-state index in [0.29, 0.717) is 0 Å². The molecule has 0 aliphatic carbocycles. The van der Waals surface area contributed by atoms with Gasteiger partial charge in [0.25, 0.3) is 0 Å². The van der Waals surface area contributed by atoms with Crippen molar-refractivity contribution in [3.63, 3.8) is 0 Å². The van der Waals surface area contributed by atoms with Crippen LogP contribution in [0, 0.1) is 0 Å². The molecule has 0 saturated carbocycles. The first-order valence-corrected chi connectivity index (χ1v) is 18.8. The summed E-state index contributed by atoms with van der Waals surface area (Å²) in [4.78, 5) is 2.40. The molecule has 0 fully saturated rings. The molecule has 3 heteroatoms. The van der Waals surface area contributed by atoms with E-state index >= 15 is 0 Å². The molecule has 11 rings (SSSR count). The van der Waals surface area contributed by atoms with Crippen LogP contribution in [0.3, 0.4) is 0 Å². The fourth-order valence-corrected chi connectivity index (χ4v) is 8.49. The summed E-state index contributed by atoms with van der Waals surface area (Å²) in [6, 6.07) is 73.9. The number of hydrogen-bond acceptors (Lipinski definition) is 2. The maximum atomic E-state index is 6.61. The van der Waals surface area contributed by atoms with Crippen LogP contribution in [0.2, 0.25) is 0 Å². The molecule has 0 aliphatic rings. The van der Waals surface area contributed by atoms with Crippen molar-refractivity contribution in [2.45, 2.75) is 0 Å². The number of rotatable bonds is 6. The summed E-state index contributed by atoms with van der Waals surface area (Å²) < 4.78 is 9.02. The molecule has 11 aromatic rings. The highest BCUT2D eigenvalue weighted by atomic mass is 16.3. The Hall–Kier alpha value is -7.36. The third-order valence-corrected chi connectivity index (χ3v) is 11.0. The van der Waals surface area contributed by atoms with Gasteiger partial charge in [0.2, 0.25) is 0 Å². The Morgan fingerprint density at radius 3 is 1.84 bits per heavy atom. The van der Waals surface area contributed by atoms with E-state index in [0.717, 1.165) is 61.2 Å². The summed E-state index contributed by atoms with van der Waals surface area (Å²) in [7, 11) is 0. The second kappa shape index (κ2) is 12.6. The zero-order valence-corrected chi connectivity index (χ0v) is 29.9. The van der Waals surface area contributed by atoms with Crippen molar-refractivity contribution >= 4 is 71.6 Å². The normalized spacial score (nSPS) is 11.6. The van der Waals surface area contributed by atoms with Crippen LogP contribution in [0.5, 0.6) is 0 Å². The summed E-state index contributed by atoms with van der Waals surface area (Å²) in [6.45, 7) is 0. The first kappa shape index (κ1) is 31.2. The van der Waals surface area contributed by atoms with Gasteiger partial charge in [0, 0.05) is 38.3 Å². The van der Waals surface area contributed by atoms with Gasteiger partial charge in [0.1, 0.15) is 11.2 Å². The Balaban J connectivity index is 1.14. The minimum absolute atomic E-state index is 0.888.